The Morgan fingerprint density at radius 3 is 3.00 bits per heavy atom. The van der Waals surface area contributed by atoms with Crippen LogP contribution in [0, 0.1) is 5.92 Å². The van der Waals surface area contributed by atoms with Crippen molar-refractivity contribution in [2.45, 2.75) is 12.8 Å². The number of nitrogens with one attached hydrogen (secondary N) is 1. The predicted molar refractivity (Wildman–Crippen MR) is 61.0 cm³/mol. The molecular weight excluding hydrogens is 222 g/mol. The zero-order valence-corrected chi connectivity index (χ0v) is 9.43. The molecule has 0 atom stereocenters. The Bertz CT molecular complexity index is 391. The van der Waals surface area contributed by atoms with Gasteiger partial charge >= 0.3 is 5.97 Å². The fourth-order valence-corrected chi connectivity index (χ4v) is 1.76. The van der Waals surface area contributed by atoms with E-state index in [1.54, 1.807) is 6.07 Å². The molecule has 1 aliphatic heterocycles. The molecule has 1 aromatic heterocycles. The van der Waals surface area contributed by atoms with E-state index < -0.39 is 5.97 Å². The third-order valence-electron chi connectivity index (χ3n) is 2.76. The molecule has 0 radical (unpaired) electrons. The first kappa shape index (κ1) is 11.8. The fourth-order valence-electron chi connectivity index (χ4n) is 1.76. The molecule has 0 aromatic carbocycles. The average molecular weight is 237 g/mol. The van der Waals surface area contributed by atoms with E-state index in [1.807, 2.05) is 0 Å². The van der Waals surface area contributed by atoms with Crippen LogP contribution >= 0.6 is 0 Å². The zero-order valence-electron chi connectivity index (χ0n) is 9.43. The Labute approximate surface area is 99.0 Å². The number of nitrogens with zero attached hydrogens (tertiary/aromatic N) is 2. The van der Waals surface area contributed by atoms with Crippen molar-refractivity contribution < 1.29 is 14.6 Å². The van der Waals surface area contributed by atoms with Crippen molar-refractivity contribution in [1.82, 2.24) is 9.97 Å². The first-order valence-corrected chi connectivity index (χ1v) is 5.63. The Balaban J connectivity index is 1.89. The highest BCUT2D eigenvalue weighted by Crippen LogP contribution is 2.15. The summed E-state index contributed by atoms with van der Waals surface area (Å²) in [6, 6.07) is 1.67. The van der Waals surface area contributed by atoms with Crippen LogP contribution < -0.4 is 5.32 Å². The van der Waals surface area contributed by atoms with E-state index in [9.17, 15) is 4.79 Å². The summed E-state index contributed by atoms with van der Waals surface area (Å²) >= 11 is 0. The highest BCUT2D eigenvalue weighted by molar-refractivity contribution is 5.83. The normalized spacial score (nSPS) is 16.7. The van der Waals surface area contributed by atoms with E-state index in [0.717, 1.165) is 32.6 Å². The molecule has 0 amide bonds. The Kier molecular flexibility index (Phi) is 3.87. The van der Waals surface area contributed by atoms with Crippen LogP contribution in [-0.2, 0) is 4.74 Å². The lowest BCUT2D eigenvalue weighted by atomic mass is 10.0. The van der Waals surface area contributed by atoms with Gasteiger partial charge in [0.15, 0.2) is 0 Å². The maximum atomic E-state index is 10.7. The van der Waals surface area contributed by atoms with Gasteiger partial charge in [0.1, 0.15) is 5.82 Å². The number of hydrogen-bond donors (Lipinski definition) is 2. The summed E-state index contributed by atoms with van der Waals surface area (Å²) in [5.74, 6) is -0.169. The van der Waals surface area contributed by atoms with Crippen LogP contribution in [0.2, 0.25) is 0 Å². The van der Waals surface area contributed by atoms with Gasteiger partial charge in [0.2, 0.25) is 5.82 Å². The second-order valence-corrected chi connectivity index (χ2v) is 4.01. The third kappa shape index (κ3) is 3.39. The molecule has 92 valence electrons. The van der Waals surface area contributed by atoms with E-state index in [0.29, 0.717) is 11.7 Å². The Hall–Kier alpha value is -1.69. The molecule has 0 spiro atoms. The summed E-state index contributed by atoms with van der Waals surface area (Å²) in [4.78, 5) is 18.3. The zero-order chi connectivity index (χ0) is 12.1. The average Bonchev–Trinajstić information content (AvgIpc) is 2.38. The van der Waals surface area contributed by atoms with Crippen molar-refractivity contribution in [1.29, 1.82) is 0 Å². The highest BCUT2D eigenvalue weighted by atomic mass is 16.5. The summed E-state index contributed by atoms with van der Waals surface area (Å²) in [6.45, 7) is 2.40. The van der Waals surface area contributed by atoms with Crippen LogP contribution in [0.1, 0.15) is 23.5 Å². The van der Waals surface area contributed by atoms with Crippen molar-refractivity contribution in [2.75, 3.05) is 25.1 Å². The number of carboxylic acid groups (broad SMARTS) is 1. The summed E-state index contributed by atoms with van der Waals surface area (Å²) in [5, 5.41) is 11.9. The van der Waals surface area contributed by atoms with E-state index in [4.69, 9.17) is 9.84 Å². The molecule has 0 bridgehead atoms. The van der Waals surface area contributed by atoms with Crippen molar-refractivity contribution in [3.8, 4) is 0 Å². The number of aromatic nitrogens is 2. The third-order valence-corrected chi connectivity index (χ3v) is 2.76. The molecule has 2 heterocycles. The topological polar surface area (TPSA) is 84.3 Å². The van der Waals surface area contributed by atoms with Crippen molar-refractivity contribution >= 4 is 11.8 Å². The minimum atomic E-state index is -1.11. The van der Waals surface area contributed by atoms with Gasteiger partial charge in [0.05, 0.1) is 0 Å². The standard InChI is InChI=1S/C11H15N3O3/c15-11(16)10-12-4-1-9(14-10)13-7-8-2-5-17-6-3-8/h1,4,8H,2-3,5-7H2,(H,15,16)(H,12,13,14). The maximum absolute atomic E-state index is 10.7. The number of rotatable bonds is 4. The monoisotopic (exact) mass is 237 g/mol. The van der Waals surface area contributed by atoms with Crippen LogP contribution in [0.5, 0.6) is 0 Å². The largest absolute Gasteiger partial charge is 0.475 e. The fraction of sp³-hybridized carbons (Fsp3) is 0.545. The number of anilines is 1. The lowest BCUT2D eigenvalue weighted by Gasteiger charge is -2.22. The lowest BCUT2D eigenvalue weighted by molar-refractivity contribution is 0.0683. The molecule has 2 rings (SSSR count). The van der Waals surface area contributed by atoms with Gasteiger partial charge in [-0.3, -0.25) is 0 Å². The van der Waals surface area contributed by atoms with Gasteiger partial charge in [-0.05, 0) is 24.8 Å². The van der Waals surface area contributed by atoms with Gasteiger partial charge in [-0.25, -0.2) is 14.8 Å². The van der Waals surface area contributed by atoms with E-state index in [1.165, 1.54) is 6.20 Å². The summed E-state index contributed by atoms with van der Waals surface area (Å²) < 4.78 is 5.27. The molecule has 0 unspecified atom stereocenters. The van der Waals surface area contributed by atoms with Crippen LogP contribution in [0.15, 0.2) is 12.3 Å². The number of carbonyl (C=O) groups is 1. The smallest absolute Gasteiger partial charge is 0.374 e. The van der Waals surface area contributed by atoms with Gasteiger partial charge in [0.25, 0.3) is 0 Å². The molecule has 17 heavy (non-hydrogen) atoms. The van der Waals surface area contributed by atoms with Crippen LogP contribution in [0.4, 0.5) is 5.82 Å². The highest BCUT2D eigenvalue weighted by Gasteiger charge is 2.14. The van der Waals surface area contributed by atoms with Gasteiger partial charge < -0.3 is 15.2 Å². The molecule has 0 aliphatic carbocycles. The molecule has 1 saturated heterocycles. The SMILES string of the molecule is O=C(O)c1nccc(NCC2CCOCC2)n1. The number of aromatic carboxylic acids is 1. The van der Waals surface area contributed by atoms with Crippen molar-refractivity contribution in [2.24, 2.45) is 5.92 Å². The van der Waals surface area contributed by atoms with Gasteiger partial charge in [0, 0.05) is 26.0 Å². The van der Waals surface area contributed by atoms with Gasteiger partial charge in [-0.15, -0.1) is 0 Å². The molecule has 0 saturated carbocycles. The second kappa shape index (κ2) is 5.58. The molecule has 2 N–H and O–H groups in total. The predicted octanol–water partition coefficient (Wildman–Crippen LogP) is 1.01. The minimum absolute atomic E-state index is 0.179. The van der Waals surface area contributed by atoms with E-state index in [2.05, 4.69) is 15.3 Å². The molecule has 6 nitrogen and oxygen atoms in total. The quantitative estimate of drug-likeness (QED) is 0.813. The van der Waals surface area contributed by atoms with Crippen molar-refractivity contribution in [3.05, 3.63) is 18.1 Å². The van der Waals surface area contributed by atoms with Crippen LogP contribution in [0.3, 0.4) is 0 Å². The summed E-state index contributed by atoms with van der Waals surface area (Å²) in [7, 11) is 0. The number of ether oxygens (including phenoxy) is 1. The first-order valence-electron chi connectivity index (χ1n) is 5.63. The van der Waals surface area contributed by atoms with Crippen LogP contribution in [-0.4, -0.2) is 40.8 Å². The van der Waals surface area contributed by atoms with Crippen LogP contribution in [0.25, 0.3) is 0 Å². The van der Waals surface area contributed by atoms with E-state index >= 15 is 0 Å². The molecule has 6 heteroatoms. The number of carboxylic acids is 1. The van der Waals surface area contributed by atoms with E-state index in [-0.39, 0.29) is 5.82 Å². The van der Waals surface area contributed by atoms with Crippen molar-refractivity contribution in [3.63, 3.8) is 0 Å². The Morgan fingerprint density at radius 1 is 1.53 bits per heavy atom. The molecule has 1 aromatic rings. The number of hydrogen-bond acceptors (Lipinski definition) is 5. The summed E-state index contributed by atoms with van der Waals surface area (Å²) in [6.07, 6.45) is 3.51. The molecule has 1 aliphatic rings. The maximum Gasteiger partial charge on any atom is 0.374 e. The molecular formula is C11H15N3O3. The molecule has 1 fully saturated rings. The van der Waals surface area contributed by atoms with Gasteiger partial charge in [-0.1, -0.05) is 0 Å². The Morgan fingerprint density at radius 2 is 2.29 bits per heavy atom. The first-order chi connectivity index (χ1) is 8.25. The van der Waals surface area contributed by atoms with Gasteiger partial charge in [-0.2, -0.15) is 0 Å². The second-order valence-electron chi connectivity index (χ2n) is 4.01. The lowest BCUT2D eigenvalue weighted by Crippen LogP contribution is -2.23. The summed E-state index contributed by atoms with van der Waals surface area (Å²) in [5.41, 5.74) is 0. The minimum Gasteiger partial charge on any atom is -0.475 e.